The Morgan fingerprint density at radius 1 is 0.667 bits per heavy atom. The van der Waals surface area contributed by atoms with E-state index < -0.39 is 10.4 Å². The largest absolute Gasteiger partial charge is 0.394 e. The van der Waals surface area contributed by atoms with Gasteiger partial charge in [-0.15, -0.1) is 0 Å². The summed E-state index contributed by atoms with van der Waals surface area (Å²) >= 11 is 0. The van der Waals surface area contributed by atoms with Crippen LogP contribution < -0.4 is 0 Å². The van der Waals surface area contributed by atoms with Crippen LogP contribution in [0.5, 0.6) is 0 Å². The fourth-order valence-electron chi connectivity index (χ4n) is 4.91. The highest BCUT2D eigenvalue weighted by molar-refractivity contribution is 7.79. The third-order valence-corrected chi connectivity index (χ3v) is 7.35. The maximum absolute atomic E-state index is 8.74. The first kappa shape index (κ1) is 33.8. The van der Waals surface area contributed by atoms with Crippen LogP contribution in [0.15, 0.2) is 0 Å². The number of hydrogen-bond acceptors (Lipinski definition) is 5. The van der Waals surface area contributed by atoms with Gasteiger partial charge < -0.3 is 14.2 Å². The summed E-state index contributed by atoms with van der Waals surface area (Å²) in [7, 11) is -4.67. The highest BCUT2D eigenvalue weighted by Crippen LogP contribution is 2.26. The van der Waals surface area contributed by atoms with E-state index >= 15 is 0 Å². The fourth-order valence-corrected chi connectivity index (χ4v) is 4.91. The molecule has 2 saturated heterocycles. The quantitative estimate of drug-likeness (QED) is 0.108. The van der Waals surface area contributed by atoms with E-state index in [-0.39, 0.29) is 0 Å². The van der Waals surface area contributed by atoms with Crippen molar-refractivity contribution in [3.05, 3.63) is 0 Å². The van der Waals surface area contributed by atoms with Crippen LogP contribution in [0.4, 0.5) is 0 Å². The van der Waals surface area contributed by atoms with E-state index in [0.29, 0.717) is 24.4 Å². The lowest BCUT2D eigenvalue weighted by molar-refractivity contribution is -0.0860. The zero-order chi connectivity index (χ0) is 26.5. The molecule has 0 aromatic rings. The van der Waals surface area contributed by atoms with Crippen molar-refractivity contribution < 1.29 is 31.7 Å². The molecule has 2 aliphatic heterocycles. The minimum atomic E-state index is -4.67. The van der Waals surface area contributed by atoms with Crippen molar-refractivity contribution in [2.75, 3.05) is 13.2 Å². The summed E-state index contributed by atoms with van der Waals surface area (Å²) in [6.45, 7) is 6.53. The molecule has 0 aromatic heterocycles. The molecule has 0 aliphatic carbocycles. The van der Waals surface area contributed by atoms with Gasteiger partial charge in [0.25, 0.3) is 0 Å². The lowest BCUT2D eigenvalue weighted by atomic mass is 9.98. The van der Waals surface area contributed by atoms with Gasteiger partial charge in [-0.2, -0.15) is 8.42 Å². The summed E-state index contributed by atoms with van der Waals surface area (Å²) in [5.41, 5.74) is 0. The number of hydrogen-bond donors (Lipinski definition) is 2. The highest BCUT2D eigenvalue weighted by atomic mass is 32.3. The van der Waals surface area contributed by atoms with Gasteiger partial charge in [0, 0.05) is 13.2 Å². The van der Waals surface area contributed by atoms with Crippen LogP contribution in [0.3, 0.4) is 0 Å². The molecular formula is C28H56O7S. The minimum Gasteiger partial charge on any atom is -0.378 e. The Kier molecular flexibility index (Phi) is 20.3. The number of rotatable bonds is 22. The van der Waals surface area contributed by atoms with Gasteiger partial charge >= 0.3 is 10.4 Å². The average Bonchev–Trinajstić information content (AvgIpc) is 2.74. The van der Waals surface area contributed by atoms with Crippen molar-refractivity contribution in [2.45, 2.75) is 167 Å². The van der Waals surface area contributed by atoms with E-state index in [1.165, 1.54) is 128 Å². The summed E-state index contributed by atoms with van der Waals surface area (Å²) in [4.78, 5) is 0. The minimum absolute atomic E-state index is 0.433. The lowest BCUT2D eigenvalue weighted by Crippen LogP contribution is -2.31. The van der Waals surface area contributed by atoms with E-state index in [4.69, 9.17) is 31.7 Å². The van der Waals surface area contributed by atoms with E-state index in [1.54, 1.807) is 0 Å². The van der Waals surface area contributed by atoms with Gasteiger partial charge in [0.2, 0.25) is 0 Å². The predicted octanol–water partition coefficient (Wildman–Crippen LogP) is 7.73. The Hall–Kier alpha value is -0.250. The monoisotopic (exact) mass is 536 g/mol. The van der Waals surface area contributed by atoms with E-state index in [1.807, 2.05) is 0 Å². The predicted molar refractivity (Wildman–Crippen MR) is 146 cm³/mol. The molecule has 2 heterocycles. The second-order valence-electron chi connectivity index (χ2n) is 10.7. The summed E-state index contributed by atoms with van der Waals surface area (Å²) in [6.07, 6.45) is 28.1. The van der Waals surface area contributed by atoms with Crippen LogP contribution >= 0.6 is 0 Å². The molecule has 2 fully saturated rings. The Labute approximate surface area is 222 Å². The van der Waals surface area contributed by atoms with Crippen molar-refractivity contribution in [3.63, 3.8) is 0 Å². The molecule has 8 heteroatoms. The average molecular weight is 537 g/mol. The summed E-state index contributed by atoms with van der Waals surface area (Å²) in [5.74, 6) is 0. The summed E-state index contributed by atoms with van der Waals surface area (Å²) in [5, 5.41) is 0. The number of unbranched alkanes of at least 4 members (excludes halogenated alkanes) is 10. The SMILES string of the molecule is CCCCCCCCC(CCC1CCO1)OC(CCCCCCCC)CCC1CCO1.O=S(=O)(O)O. The Morgan fingerprint density at radius 3 is 1.31 bits per heavy atom. The standard InChI is InChI=1S/C28H54O3.H2O4S/c1-3-5-7-9-11-13-15-27(19-17-25-21-23-29-25)31-28(20-18-26-22-24-30-26)16-14-12-10-8-6-4-2;1-5(2,3)4/h25-28H,3-24H2,1-2H3;(H2,1,2,3,4). The molecule has 0 aromatic carbocycles. The molecule has 4 atom stereocenters. The second kappa shape index (κ2) is 21.7. The highest BCUT2D eigenvalue weighted by Gasteiger charge is 2.24. The third kappa shape index (κ3) is 20.8. The van der Waals surface area contributed by atoms with Gasteiger partial charge in [-0.25, -0.2) is 0 Å². The summed E-state index contributed by atoms with van der Waals surface area (Å²) in [6, 6.07) is 0. The molecule has 0 bridgehead atoms. The Morgan fingerprint density at radius 2 is 1.00 bits per heavy atom. The van der Waals surface area contributed by atoms with Crippen molar-refractivity contribution in [1.29, 1.82) is 0 Å². The molecule has 2 N–H and O–H groups in total. The van der Waals surface area contributed by atoms with Crippen LogP contribution in [0, 0.1) is 0 Å². The molecule has 2 rings (SSSR count). The third-order valence-electron chi connectivity index (χ3n) is 7.35. The molecular weight excluding hydrogens is 480 g/mol. The van der Waals surface area contributed by atoms with Crippen molar-refractivity contribution >= 4 is 10.4 Å². The maximum atomic E-state index is 8.74. The Balaban J connectivity index is 0.00000118. The molecule has 0 amide bonds. The van der Waals surface area contributed by atoms with Crippen LogP contribution in [-0.2, 0) is 24.6 Å². The fraction of sp³-hybridized carbons (Fsp3) is 1.00. The first-order chi connectivity index (χ1) is 17.3. The molecule has 0 spiro atoms. The van der Waals surface area contributed by atoms with Gasteiger partial charge in [0.1, 0.15) is 0 Å². The zero-order valence-electron chi connectivity index (χ0n) is 23.2. The molecule has 4 unspecified atom stereocenters. The zero-order valence-corrected chi connectivity index (χ0v) is 24.0. The van der Waals surface area contributed by atoms with Gasteiger partial charge in [-0.3, -0.25) is 9.11 Å². The second-order valence-corrected chi connectivity index (χ2v) is 11.6. The molecule has 36 heavy (non-hydrogen) atoms. The van der Waals surface area contributed by atoms with Gasteiger partial charge in [0.05, 0.1) is 24.4 Å². The van der Waals surface area contributed by atoms with Crippen LogP contribution in [0.25, 0.3) is 0 Å². The smallest absolute Gasteiger partial charge is 0.378 e. The molecule has 0 saturated carbocycles. The van der Waals surface area contributed by atoms with E-state index in [9.17, 15) is 0 Å². The topological polar surface area (TPSA) is 102 Å². The molecule has 0 radical (unpaired) electrons. The van der Waals surface area contributed by atoms with Crippen LogP contribution in [0.2, 0.25) is 0 Å². The van der Waals surface area contributed by atoms with Crippen molar-refractivity contribution in [2.24, 2.45) is 0 Å². The van der Waals surface area contributed by atoms with Gasteiger partial charge in [-0.1, -0.05) is 90.9 Å². The molecule has 7 nitrogen and oxygen atoms in total. The molecule has 2 aliphatic rings. The van der Waals surface area contributed by atoms with E-state index in [2.05, 4.69) is 13.8 Å². The van der Waals surface area contributed by atoms with Gasteiger partial charge in [0.15, 0.2) is 0 Å². The van der Waals surface area contributed by atoms with Crippen LogP contribution in [-0.4, -0.2) is 55.2 Å². The summed E-state index contributed by atoms with van der Waals surface area (Å²) < 4.78 is 49.8. The Bertz CT molecular complexity index is 547. The normalized spacial score (nSPS) is 21.1. The van der Waals surface area contributed by atoms with E-state index in [0.717, 1.165) is 13.2 Å². The number of ether oxygens (including phenoxy) is 3. The van der Waals surface area contributed by atoms with Crippen molar-refractivity contribution in [3.8, 4) is 0 Å². The lowest BCUT2D eigenvalue weighted by Gasteiger charge is -2.32. The first-order valence-corrected chi connectivity index (χ1v) is 16.3. The molecule has 216 valence electrons. The first-order valence-electron chi connectivity index (χ1n) is 14.9. The van der Waals surface area contributed by atoms with Crippen molar-refractivity contribution in [1.82, 2.24) is 0 Å². The van der Waals surface area contributed by atoms with Crippen LogP contribution in [0.1, 0.15) is 142 Å². The maximum Gasteiger partial charge on any atom is 0.394 e. The van der Waals surface area contributed by atoms with Gasteiger partial charge in [-0.05, 0) is 51.4 Å².